The molecule has 2 unspecified atom stereocenters. The molecule has 0 aromatic rings. The van der Waals surface area contributed by atoms with Crippen LogP contribution in [-0.2, 0) is 13.4 Å². The zero-order valence-electron chi connectivity index (χ0n) is 12.5. The van der Waals surface area contributed by atoms with Crippen molar-refractivity contribution in [2.24, 2.45) is 5.73 Å². The largest absolute Gasteiger partial charge is 0.330 e. The van der Waals surface area contributed by atoms with Crippen LogP contribution in [0.2, 0.25) is 0 Å². The molecule has 0 amide bonds. The summed E-state index contributed by atoms with van der Waals surface area (Å²) in [5.74, 6) is 0. The van der Waals surface area contributed by atoms with Gasteiger partial charge in [-0.05, 0) is 13.0 Å². The van der Waals surface area contributed by atoms with Gasteiger partial charge in [0.25, 0.3) is 0 Å². The van der Waals surface area contributed by atoms with E-state index in [-0.39, 0.29) is 0 Å². The third-order valence-corrected chi connectivity index (χ3v) is 4.13. The lowest BCUT2D eigenvalue weighted by Crippen LogP contribution is -1.97. The van der Waals surface area contributed by atoms with Crippen LogP contribution >= 0.6 is 16.5 Å². The normalized spacial score (nSPS) is 13.4. The molecule has 0 aliphatic carbocycles. The van der Waals surface area contributed by atoms with Crippen molar-refractivity contribution in [3.05, 3.63) is 0 Å². The standard InChI is InChI=1S/C12H27N.H4O5P2/c1-2-3-4-5-6-7-8-9-10-11-12-13;1-6(2)5-7(3)4/h2-13H2,1H3;6-7H,(H,1,2)(H,3,4). The van der Waals surface area contributed by atoms with E-state index in [1.165, 1.54) is 64.2 Å². The molecule has 0 spiro atoms. The summed E-state index contributed by atoms with van der Waals surface area (Å²) in [6, 6.07) is 0. The van der Waals surface area contributed by atoms with E-state index in [1.807, 2.05) is 0 Å². The summed E-state index contributed by atoms with van der Waals surface area (Å²) in [6.07, 6.45) is 13.9. The Morgan fingerprint density at radius 1 is 0.800 bits per heavy atom. The fourth-order valence-electron chi connectivity index (χ4n) is 1.71. The Hall–Kier alpha value is 0.300. The van der Waals surface area contributed by atoms with Crippen LogP contribution in [0.3, 0.4) is 0 Å². The van der Waals surface area contributed by atoms with Gasteiger partial charge in [0.05, 0.1) is 0 Å². The molecule has 0 saturated heterocycles. The summed E-state index contributed by atoms with van der Waals surface area (Å²) in [7, 11) is -6.40. The average Bonchev–Trinajstić information content (AvgIpc) is 2.36. The van der Waals surface area contributed by atoms with E-state index >= 15 is 0 Å². The molecule has 0 aromatic heterocycles. The third kappa shape index (κ3) is 26.8. The van der Waals surface area contributed by atoms with E-state index in [2.05, 4.69) is 11.2 Å². The maximum atomic E-state index is 9.44. The fraction of sp³-hybridized carbons (Fsp3) is 1.00. The van der Waals surface area contributed by atoms with Gasteiger partial charge in [-0.1, -0.05) is 64.7 Å². The Balaban J connectivity index is 0. The molecule has 6 nitrogen and oxygen atoms in total. The predicted molar refractivity (Wildman–Crippen MR) is 84.4 cm³/mol. The monoisotopic (exact) mass is 331 g/mol. The predicted octanol–water partition coefficient (Wildman–Crippen LogP) is 3.63. The van der Waals surface area contributed by atoms with Crippen LogP contribution in [0.25, 0.3) is 0 Å². The van der Waals surface area contributed by atoms with Gasteiger partial charge in [0.15, 0.2) is 0 Å². The molecular weight excluding hydrogens is 300 g/mol. The quantitative estimate of drug-likeness (QED) is 0.372. The zero-order valence-corrected chi connectivity index (χ0v) is 14.5. The minimum atomic E-state index is -3.20. The van der Waals surface area contributed by atoms with E-state index in [4.69, 9.17) is 15.5 Å². The van der Waals surface area contributed by atoms with Crippen molar-refractivity contribution < 1.29 is 23.2 Å². The molecule has 2 atom stereocenters. The van der Waals surface area contributed by atoms with Crippen LogP contribution in [0.1, 0.15) is 71.1 Å². The summed E-state index contributed by atoms with van der Waals surface area (Å²) in [6.45, 7) is 3.14. The van der Waals surface area contributed by atoms with Crippen LogP contribution in [0.4, 0.5) is 0 Å². The van der Waals surface area contributed by atoms with E-state index in [0.717, 1.165) is 6.54 Å². The summed E-state index contributed by atoms with van der Waals surface area (Å²) in [4.78, 5) is 15.4. The molecule has 0 aliphatic heterocycles. The van der Waals surface area contributed by atoms with Crippen LogP contribution in [0.5, 0.6) is 0 Å². The minimum Gasteiger partial charge on any atom is -0.330 e. The van der Waals surface area contributed by atoms with Crippen molar-refractivity contribution in [3.8, 4) is 0 Å². The topological polar surface area (TPSA) is 110 Å². The van der Waals surface area contributed by atoms with Gasteiger partial charge in [-0.15, -0.1) is 0 Å². The molecule has 0 saturated carbocycles. The molecule has 0 rings (SSSR count). The van der Waals surface area contributed by atoms with Crippen molar-refractivity contribution >= 4 is 16.5 Å². The van der Waals surface area contributed by atoms with Crippen molar-refractivity contribution in [2.75, 3.05) is 6.54 Å². The van der Waals surface area contributed by atoms with Gasteiger partial charge < -0.3 is 15.5 Å². The maximum absolute atomic E-state index is 9.44. The van der Waals surface area contributed by atoms with Crippen LogP contribution in [0.15, 0.2) is 0 Å². The van der Waals surface area contributed by atoms with E-state index in [9.17, 15) is 9.13 Å². The van der Waals surface area contributed by atoms with Gasteiger partial charge in [-0.2, -0.15) is 0 Å². The molecule has 8 heteroatoms. The fourth-order valence-corrected chi connectivity index (χ4v) is 2.30. The third-order valence-electron chi connectivity index (χ3n) is 2.73. The van der Waals surface area contributed by atoms with E-state index in [1.54, 1.807) is 0 Å². The first kappa shape index (κ1) is 22.6. The zero-order chi connectivity index (χ0) is 15.6. The molecule has 124 valence electrons. The Bertz CT molecular complexity index is 220. The Kier molecular flexibility index (Phi) is 21.8. The number of hydrogen-bond donors (Lipinski definition) is 3. The molecule has 0 radical (unpaired) electrons. The van der Waals surface area contributed by atoms with Gasteiger partial charge >= 0.3 is 16.5 Å². The highest BCUT2D eigenvalue weighted by atomic mass is 31.2. The van der Waals surface area contributed by atoms with Crippen molar-refractivity contribution in [3.63, 3.8) is 0 Å². The number of nitrogens with two attached hydrogens (primary N) is 1. The molecular formula is C12H31NO5P2. The average molecular weight is 331 g/mol. The first-order chi connectivity index (χ1) is 9.54. The molecule has 0 fully saturated rings. The second-order valence-electron chi connectivity index (χ2n) is 4.60. The summed E-state index contributed by atoms with van der Waals surface area (Å²) >= 11 is 0. The molecule has 0 aliphatic rings. The summed E-state index contributed by atoms with van der Waals surface area (Å²) in [5.41, 5.74) is 5.42. The smallest absolute Gasteiger partial charge is 0.323 e. The molecule has 0 aromatic carbocycles. The summed E-state index contributed by atoms with van der Waals surface area (Å²) in [5, 5.41) is 0. The van der Waals surface area contributed by atoms with Crippen LogP contribution in [0, 0.1) is 0 Å². The molecule has 20 heavy (non-hydrogen) atoms. The van der Waals surface area contributed by atoms with Gasteiger partial charge in [0, 0.05) is 0 Å². The Morgan fingerprint density at radius 3 is 1.40 bits per heavy atom. The first-order valence-corrected chi connectivity index (χ1v) is 9.91. The Morgan fingerprint density at radius 2 is 1.15 bits per heavy atom. The SMILES string of the molecule is CCCCCCCCCCCCN.O=[PH](O)O[PH](=O)O. The van der Waals surface area contributed by atoms with E-state index in [0.29, 0.717) is 0 Å². The lowest BCUT2D eigenvalue weighted by molar-refractivity contribution is 0.371. The lowest BCUT2D eigenvalue weighted by Gasteiger charge is -2.00. The lowest BCUT2D eigenvalue weighted by atomic mass is 10.1. The minimum absolute atomic E-state index is 0.872. The highest BCUT2D eigenvalue weighted by Crippen LogP contribution is 2.30. The van der Waals surface area contributed by atoms with Crippen LogP contribution < -0.4 is 5.73 Å². The van der Waals surface area contributed by atoms with Gasteiger partial charge in [-0.3, -0.25) is 9.13 Å². The number of unbranched alkanes of at least 4 members (excludes halogenated alkanes) is 9. The molecule has 0 heterocycles. The van der Waals surface area contributed by atoms with Crippen molar-refractivity contribution in [1.82, 2.24) is 0 Å². The van der Waals surface area contributed by atoms with E-state index < -0.39 is 16.5 Å². The Labute approximate surface area is 124 Å². The van der Waals surface area contributed by atoms with Gasteiger partial charge in [-0.25, -0.2) is 4.31 Å². The number of hydrogen-bond acceptors (Lipinski definition) is 4. The highest BCUT2D eigenvalue weighted by Gasteiger charge is 1.93. The first-order valence-electron chi connectivity index (χ1n) is 7.38. The second-order valence-corrected chi connectivity index (χ2v) is 6.48. The summed E-state index contributed by atoms with van der Waals surface area (Å²) < 4.78 is 22.3. The molecule has 4 N–H and O–H groups in total. The highest BCUT2D eigenvalue weighted by molar-refractivity contribution is 7.46. The van der Waals surface area contributed by atoms with Crippen molar-refractivity contribution in [1.29, 1.82) is 0 Å². The van der Waals surface area contributed by atoms with Gasteiger partial charge in [0.1, 0.15) is 0 Å². The van der Waals surface area contributed by atoms with Gasteiger partial charge in [0.2, 0.25) is 0 Å². The van der Waals surface area contributed by atoms with Crippen LogP contribution in [-0.4, -0.2) is 16.3 Å². The van der Waals surface area contributed by atoms with Crippen molar-refractivity contribution in [2.45, 2.75) is 71.1 Å². The second kappa shape index (κ2) is 19.3. The molecule has 0 bridgehead atoms. The number of rotatable bonds is 12. The maximum Gasteiger partial charge on any atom is 0.323 e.